The first-order valence-electron chi connectivity index (χ1n) is 6.60. The van der Waals surface area contributed by atoms with Gasteiger partial charge in [-0.3, -0.25) is 4.79 Å². The highest BCUT2D eigenvalue weighted by atomic mass is 32.2. The number of thioether (sulfide) groups is 1. The van der Waals surface area contributed by atoms with Gasteiger partial charge in [0.1, 0.15) is 5.82 Å². The molecule has 2 rings (SSSR count). The third kappa shape index (κ3) is 4.35. The molecular formula is C14H17FN2O3S. The van der Waals surface area contributed by atoms with E-state index >= 15 is 0 Å². The van der Waals surface area contributed by atoms with Crippen LogP contribution in [0, 0.1) is 12.7 Å². The van der Waals surface area contributed by atoms with E-state index < -0.39 is 11.8 Å². The Balaban J connectivity index is 2.08. The van der Waals surface area contributed by atoms with Crippen molar-refractivity contribution in [2.24, 2.45) is 0 Å². The molecule has 7 heteroatoms. The van der Waals surface area contributed by atoms with Gasteiger partial charge in [0.05, 0.1) is 12.5 Å². The minimum atomic E-state index is -0.929. The van der Waals surface area contributed by atoms with Crippen molar-refractivity contribution in [1.29, 1.82) is 0 Å². The average Bonchev–Trinajstić information content (AvgIpc) is 2.37. The quantitative estimate of drug-likeness (QED) is 0.900. The maximum Gasteiger partial charge on any atom is 0.322 e. The molecule has 1 saturated heterocycles. The number of nitrogens with zero attached hydrogens (tertiary/aromatic N) is 1. The van der Waals surface area contributed by atoms with Gasteiger partial charge < -0.3 is 15.3 Å². The number of nitrogens with one attached hydrogen (secondary N) is 1. The van der Waals surface area contributed by atoms with E-state index in [0.717, 1.165) is 5.75 Å². The Morgan fingerprint density at radius 1 is 1.48 bits per heavy atom. The van der Waals surface area contributed by atoms with Gasteiger partial charge in [0.2, 0.25) is 0 Å². The number of rotatable bonds is 3. The summed E-state index contributed by atoms with van der Waals surface area (Å²) in [5.74, 6) is 0.0247. The molecule has 1 aliphatic rings. The Labute approximate surface area is 126 Å². The van der Waals surface area contributed by atoms with Crippen LogP contribution in [0.25, 0.3) is 0 Å². The van der Waals surface area contributed by atoms with E-state index in [2.05, 4.69) is 5.32 Å². The molecule has 0 spiro atoms. The summed E-state index contributed by atoms with van der Waals surface area (Å²) in [5.41, 5.74) is 1.09. The number of carbonyl (C=O) groups excluding carboxylic acids is 1. The standard InChI is InChI=1S/C14H17FN2O3S/c1-9-4-10(15)6-11(5-9)16-14(20)17-2-3-21-8-12(17)7-13(18)19/h4-6,12H,2-3,7-8H2,1H3,(H,16,20)(H,18,19). The zero-order chi connectivity index (χ0) is 15.4. The van der Waals surface area contributed by atoms with Crippen LogP contribution in [0.1, 0.15) is 12.0 Å². The fourth-order valence-electron chi connectivity index (χ4n) is 2.30. The van der Waals surface area contributed by atoms with Crippen LogP contribution >= 0.6 is 11.8 Å². The van der Waals surface area contributed by atoms with Gasteiger partial charge in [0.15, 0.2) is 0 Å². The lowest BCUT2D eigenvalue weighted by Gasteiger charge is -2.34. The van der Waals surface area contributed by atoms with E-state index in [1.807, 2.05) is 0 Å². The SMILES string of the molecule is Cc1cc(F)cc(NC(=O)N2CCSCC2CC(=O)O)c1. The predicted molar refractivity (Wildman–Crippen MR) is 80.2 cm³/mol. The summed E-state index contributed by atoms with van der Waals surface area (Å²) < 4.78 is 13.3. The van der Waals surface area contributed by atoms with E-state index in [0.29, 0.717) is 23.5 Å². The zero-order valence-corrected chi connectivity index (χ0v) is 12.5. The molecule has 1 aromatic rings. The molecule has 1 heterocycles. The van der Waals surface area contributed by atoms with Crippen molar-refractivity contribution in [3.8, 4) is 0 Å². The lowest BCUT2D eigenvalue weighted by atomic mass is 10.2. The second-order valence-electron chi connectivity index (χ2n) is 4.97. The van der Waals surface area contributed by atoms with Gasteiger partial charge >= 0.3 is 12.0 Å². The van der Waals surface area contributed by atoms with Crippen LogP contribution in [-0.2, 0) is 4.79 Å². The fraction of sp³-hybridized carbons (Fsp3) is 0.429. The van der Waals surface area contributed by atoms with Crippen LogP contribution < -0.4 is 5.32 Å². The van der Waals surface area contributed by atoms with Crippen LogP contribution in [0.2, 0.25) is 0 Å². The molecule has 21 heavy (non-hydrogen) atoms. The highest BCUT2D eigenvalue weighted by Gasteiger charge is 2.28. The van der Waals surface area contributed by atoms with Crippen molar-refractivity contribution in [3.05, 3.63) is 29.6 Å². The largest absolute Gasteiger partial charge is 0.481 e. The second kappa shape index (κ2) is 6.80. The van der Waals surface area contributed by atoms with Crippen molar-refractivity contribution in [1.82, 2.24) is 4.90 Å². The van der Waals surface area contributed by atoms with E-state index in [9.17, 15) is 14.0 Å². The van der Waals surface area contributed by atoms with Gasteiger partial charge in [-0.25, -0.2) is 9.18 Å². The van der Waals surface area contributed by atoms with E-state index in [1.165, 1.54) is 17.0 Å². The van der Waals surface area contributed by atoms with Gasteiger partial charge in [0.25, 0.3) is 0 Å². The average molecular weight is 312 g/mol. The number of benzene rings is 1. The third-order valence-electron chi connectivity index (χ3n) is 3.19. The number of carboxylic acid groups (broad SMARTS) is 1. The number of urea groups is 1. The second-order valence-corrected chi connectivity index (χ2v) is 6.12. The predicted octanol–water partition coefficient (Wildman–Crippen LogP) is 2.56. The summed E-state index contributed by atoms with van der Waals surface area (Å²) in [5, 5.41) is 11.6. The van der Waals surface area contributed by atoms with Crippen LogP contribution in [0.3, 0.4) is 0 Å². The molecule has 2 amide bonds. The summed E-state index contributed by atoms with van der Waals surface area (Å²) in [6.07, 6.45) is -0.0808. The van der Waals surface area contributed by atoms with Crippen molar-refractivity contribution < 1.29 is 19.1 Å². The Bertz CT molecular complexity index is 533. The molecule has 1 aliphatic heterocycles. The highest BCUT2D eigenvalue weighted by Crippen LogP contribution is 2.21. The highest BCUT2D eigenvalue weighted by molar-refractivity contribution is 7.99. The van der Waals surface area contributed by atoms with Crippen LogP contribution in [0.4, 0.5) is 14.9 Å². The van der Waals surface area contributed by atoms with Crippen LogP contribution in [0.5, 0.6) is 0 Å². The lowest BCUT2D eigenvalue weighted by Crippen LogP contribution is -2.48. The van der Waals surface area contributed by atoms with Gasteiger partial charge in [-0.2, -0.15) is 11.8 Å². The molecule has 0 saturated carbocycles. The normalized spacial score (nSPS) is 18.4. The van der Waals surface area contributed by atoms with Gasteiger partial charge in [0, 0.05) is 23.7 Å². The fourth-order valence-corrected chi connectivity index (χ4v) is 3.36. The molecule has 0 aliphatic carbocycles. The minimum Gasteiger partial charge on any atom is -0.481 e. The number of carbonyl (C=O) groups is 2. The van der Waals surface area contributed by atoms with Gasteiger partial charge in [-0.15, -0.1) is 0 Å². The number of amides is 2. The summed E-state index contributed by atoms with van der Waals surface area (Å²) in [6.45, 7) is 2.23. The maximum atomic E-state index is 13.3. The zero-order valence-electron chi connectivity index (χ0n) is 11.6. The minimum absolute atomic E-state index is 0.0808. The lowest BCUT2D eigenvalue weighted by molar-refractivity contribution is -0.137. The molecular weight excluding hydrogens is 295 g/mol. The van der Waals surface area contributed by atoms with E-state index in [-0.39, 0.29) is 18.5 Å². The number of hydrogen-bond acceptors (Lipinski definition) is 3. The van der Waals surface area contributed by atoms with Crippen molar-refractivity contribution in [2.45, 2.75) is 19.4 Å². The number of carboxylic acids is 1. The van der Waals surface area contributed by atoms with Crippen LogP contribution in [-0.4, -0.2) is 46.1 Å². The number of hydrogen-bond donors (Lipinski definition) is 2. The summed E-state index contributed by atoms with van der Waals surface area (Å²) >= 11 is 1.63. The van der Waals surface area contributed by atoms with Gasteiger partial charge in [-0.1, -0.05) is 0 Å². The Hall–Kier alpha value is -1.76. The first-order chi connectivity index (χ1) is 9.95. The number of aliphatic carboxylic acids is 1. The molecule has 0 radical (unpaired) electrons. The molecule has 5 nitrogen and oxygen atoms in total. The van der Waals surface area contributed by atoms with Crippen molar-refractivity contribution >= 4 is 29.4 Å². The van der Waals surface area contributed by atoms with Crippen molar-refractivity contribution in [3.63, 3.8) is 0 Å². The summed E-state index contributed by atoms with van der Waals surface area (Å²) in [6, 6.07) is 3.57. The Kier molecular flexibility index (Phi) is 5.06. The summed E-state index contributed by atoms with van der Waals surface area (Å²) in [7, 11) is 0. The molecule has 2 N–H and O–H groups in total. The third-order valence-corrected chi connectivity index (χ3v) is 4.28. The van der Waals surface area contributed by atoms with E-state index in [4.69, 9.17) is 5.11 Å². The first kappa shape index (κ1) is 15.6. The molecule has 1 unspecified atom stereocenters. The number of halogens is 1. The molecule has 1 fully saturated rings. The summed E-state index contributed by atoms with van der Waals surface area (Å²) in [4.78, 5) is 24.7. The monoisotopic (exact) mass is 312 g/mol. The number of anilines is 1. The topological polar surface area (TPSA) is 69.6 Å². The van der Waals surface area contributed by atoms with Crippen LogP contribution in [0.15, 0.2) is 18.2 Å². The maximum absolute atomic E-state index is 13.3. The van der Waals surface area contributed by atoms with E-state index in [1.54, 1.807) is 24.8 Å². The molecule has 0 aromatic heterocycles. The molecule has 1 atom stereocenters. The number of aryl methyl sites for hydroxylation is 1. The molecule has 114 valence electrons. The van der Waals surface area contributed by atoms with Crippen molar-refractivity contribution in [2.75, 3.05) is 23.4 Å². The molecule has 1 aromatic carbocycles. The molecule has 0 bridgehead atoms. The first-order valence-corrected chi connectivity index (χ1v) is 7.75. The smallest absolute Gasteiger partial charge is 0.322 e. The van der Waals surface area contributed by atoms with Gasteiger partial charge in [-0.05, 0) is 30.7 Å². The Morgan fingerprint density at radius 3 is 2.90 bits per heavy atom. The Morgan fingerprint density at radius 2 is 2.24 bits per heavy atom.